The van der Waals surface area contributed by atoms with Crippen molar-refractivity contribution in [2.75, 3.05) is 5.32 Å². The third kappa shape index (κ3) is 2.99. The molecule has 2 atom stereocenters. The summed E-state index contributed by atoms with van der Waals surface area (Å²) in [7, 11) is 0. The fraction of sp³-hybridized carbons (Fsp3) is 0.357. The Morgan fingerprint density at radius 3 is 2.65 bits per heavy atom. The van der Waals surface area contributed by atoms with Crippen molar-refractivity contribution in [1.82, 2.24) is 0 Å². The SMILES string of the molecule is CCC1CC1C(=O)C(=O)Nc1ccc(Cl)cc1C(N)=O. The van der Waals surface area contributed by atoms with E-state index in [2.05, 4.69) is 5.32 Å². The van der Waals surface area contributed by atoms with Crippen LogP contribution in [0.2, 0.25) is 5.02 Å². The molecule has 20 heavy (non-hydrogen) atoms. The van der Waals surface area contributed by atoms with Gasteiger partial charge in [-0.05, 0) is 30.5 Å². The number of carbonyl (C=O) groups is 3. The fourth-order valence-electron chi connectivity index (χ4n) is 2.20. The van der Waals surface area contributed by atoms with Gasteiger partial charge in [-0.1, -0.05) is 24.9 Å². The molecule has 2 amide bonds. The topological polar surface area (TPSA) is 89.3 Å². The predicted molar refractivity (Wildman–Crippen MR) is 75.5 cm³/mol. The first-order chi connectivity index (χ1) is 9.43. The Bertz CT molecular complexity index is 586. The van der Waals surface area contributed by atoms with E-state index in [4.69, 9.17) is 17.3 Å². The lowest BCUT2D eigenvalue weighted by Crippen LogP contribution is -2.26. The Hall–Kier alpha value is -1.88. The third-order valence-corrected chi connectivity index (χ3v) is 3.74. The molecule has 0 aliphatic heterocycles. The molecule has 2 rings (SSSR count). The highest BCUT2D eigenvalue weighted by atomic mass is 35.5. The van der Waals surface area contributed by atoms with Gasteiger partial charge in [0.15, 0.2) is 0 Å². The molecule has 5 nitrogen and oxygen atoms in total. The molecule has 1 saturated carbocycles. The summed E-state index contributed by atoms with van der Waals surface area (Å²) in [5.41, 5.74) is 5.50. The smallest absolute Gasteiger partial charge is 0.292 e. The zero-order valence-electron chi connectivity index (χ0n) is 11.0. The van der Waals surface area contributed by atoms with Gasteiger partial charge in [0.05, 0.1) is 11.3 Å². The summed E-state index contributed by atoms with van der Waals surface area (Å²) in [6, 6.07) is 4.33. The lowest BCUT2D eigenvalue weighted by molar-refractivity contribution is -0.135. The minimum absolute atomic E-state index is 0.0847. The summed E-state index contributed by atoms with van der Waals surface area (Å²) in [4.78, 5) is 35.0. The second-order valence-electron chi connectivity index (χ2n) is 4.88. The average Bonchev–Trinajstić information content (AvgIpc) is 3.19. The number of halogens is 1. The van der Waals surface area contributed by atoms with Crippen molar-refractivity contribution in [1.29, 1.82) is 0 Å². The molecule has 106 valence electrons. The predicted octanol–water partition coefficient (Wildman–Crippen LogP) is 1.99. The number of nitrogens with two attached hydrogens (primary N) is 1. The first kappa shape index (κ1) is 14.5. The quantitative estimate of drug-likeness (QED) is 0.814. The molecule has 3 N–H and O–H groups in total. The Kier molecular flexibility index (Phi) is 4.09. The maximum absolute atomic E-state index is 11.9. The summed E-state index contributed by atoms with van der Waals surface area (Å²) in [6.07, 6.45) is 1.64. The highest BCUT2D eigenvalue weighted by Crippen LogP contribution is 2.41. The highest BCUT2D eigenvalue weighted by Gasteiger charge is 2.44. The Morgan fingerprint density at radius 1 is 1.40 bits per heavy atom. The molecule has 1 aromatic carbocycles. The lowest BCUT2D eigenvalue weighted by atomic mass is 10.1. The van der Waals surface area contributed by atoms with E-state index in [-0.39, 0.29) is 17.2 Å². The molecule has 1 aromatic rings. The van der Waals surface area contributed by atoms with Gasteiger partial charge in [0.2, 0.25) is 5.78 Å². The van der Waals surface area contributed by atoms with E-state index in [9.17, 15) is 14.4 Å². The first-order valence-corrected chi connectivity index (χ1v) is 6.76. The number of carbonyl (C=O) groups excluding carboxylic acids is 3. The molecular formula is C14H15ClN2O3. The molecule has 1 aliphatic rings. The zero-order valence-corrected chi connectivity index (χ0v) is 11.7. The highest BCUT2D eigenvalue weighted by molar-refractivity contribution is 6.42. The number of benzene rings is 1. The van der Waals surface area contributed by atoms with Crippen LogP contribution in [0, 0.1) is 11.8 Å². The monoisotopic (exact) mass is 294 g/mol. The van der Waals surface area contributed by atoms with Crippen molar-refractivity contribution in [3.05, 3.63) is 28.8 Å². The van der Waals surface area contributed by atoms with E-state index < -0.39 is 17.6 Å². The number of anilines is 1. The molecule has 1 fully saturated rings. The van der Waals surface area contributed by atoms with Gasteiger partial charge in [0.1, 0.15) is 0 Å². The number of amides is 2. The molecule has 0 saturated heterocycles. The standard InChI is InChI=1S/C14H15ClN2O3/c1-2-7-5-9(7)12(18)14(20)17-11-4-3-8(15)6-10(11)13(16)19/h3-4,6-7,9H,2,5H2,1H3,(H2,16,19)(H,17,20). The van der Waals surface area contributed by atoms with Crippen molar-refractivity contribution in [3.63, 3.8) is 0 Å². The second-order valence-corrected chi connectivity index (χ2v) is 5.32. The van der Waals surface area contributed by atoms with E-state index in [1.54, 1.807) is 0 Å². The maximum atomic E-state index is 11.9. The molecule has 0 bridgehead atoms. The molecule has 0 aromatic heterocycles. The summed E-state index contributed by atoms with van der Waals surface area (Å²) in [5, 5.41) is 2.77. The van der Waals surface area contributed by atoms with E-state index in [0.29, 0.717) is 10.9 Å². The van der Waals surface area contributed by atoms with Crippen LogP contribution in [0.25, 0.3) is 0 Å². The van der Waals surface area contributed by atoms with Crippen molar-refractivity contribution in [2.24, 2.45) is 17.6 Å². The minimum Gasteiger partial charge on any atom is -0.366 e. The average molecular weight is 295 g/mol. The Labute approximate surface area is 121 Å². The second kappa shape index (κ2) is 5.63. The van der Waals surface area contributed by atoms with Crippen LogP contribution in [0.5, 0.6) is 0 Å². The summed E-state index contributed by atoms with van der Waals surface area (Å²) < 4.78 is 0. The van der Waals surface area contributed by atoms with E-state index >= 15 is 0 Å². The summed E-state index contributed by atoms with van der Waals surface area (Å²) >= 11 is 5.77. The molecule has 0 spiro atoms. The zero-order chi connectivity index (χ0) is 14.9. The molecule has 0 heterocycles. The molecule has 1 aliphatic carbocycles. The number of nitrogens with one attached hydrogen (secondary N) is 1. The lowest BCUT2D eigenvalue weighted by Gasteiger charge is -2.08. The summed E-state index contributed by atoms with van der Waals surface area (Å²) in [5.74, 6) is -1.76. The van der Waals surface area contributed by atoms with Gasteiger partial charge in [-0.2, -0.15) is 0 Å². The van der Waals surface area contributed by atoms with Gasteiger partial charge in [0, 0.05) is 10.9 Å². The van der Waals surface area contributed by atoms with Gasteiger partial charge in [-0.15, -0.1) is 0 Å². The van der Waals surface area contributed by atoms with Crippen LogP contribution < -0.4 is 11.1 Å². The first-order valence-electron chi connectivity index (χ1n) is 6.38. The number of ketones is 1. The van der Waals surface area contributed by atoms with Crippen LogP contribution in [0.15, 0.2) is 18.2 Å². The van der Waals surface area contributed by atoms with Crippen LogP contribution in [0.1, 0.15) is 30.1 Å². The van der Waals surface area contributed by atoms with Gasteiger partial charge < -0.3 is 11.1 Å². The van der Waals surface area contributed by atoms with Crippen LogP contribution in [0.3, 0.4) is 0 Å². The van der Waals surface area contributed by atoms with Crippen molar-refractivity contribution in [2.45, 2.75) is 19.8 Å². The van der Waals surface area contributed by atoms with Crippen molar-refractivity contribution >= 4 is 34.9 Å². The fourth-order valence-corrected chi connectivity index (χ4v) is 2.37. The molecule has 0 radical (unpaired) electrons. The van der Waals surface area contributed by atoms with Crippen molar-refractivity contribution < 1.29 is 14.4 Å². The molecule has 6 heteroatoms. The normalized spacial score (nSPS) is 20.3. The van der Waals surface area contributed by atoms with Crippen molar-refractivity contribution in [3.8, 4) is 0 Å². The number of primary amides is 1. The van der Waals surface area contributed by atoms with Gasteiger partial charge in [0.25, 0.3) is 11.8 Å². The van der Waals surface area contributed by atoms with Crippen LogP contribution >= 0.6 is 11.6 Å². The number of Topliss-reactive ketones (excluding diaryl/α,β-unsaturated/α-hetero) is 1. The number of hydrogen-bond acceptors (Lipinski definition) is 3. The van der Waals surface area contributed by atoms with Crippen LogP contribution in [0.4, 0.5) is 5.69 Å². The van der Waals surface area contributed by atoms with Crippen LogP contribution in [-0.2, 0) is 9.59 Å². The van der Waals surface area contributed by atoms with Crippen LogP contribution in [-0.4, -0.2) is 17.6 Å². The number of hydrogen-bond donors (Lipinski definition) is 2. The van der Waals surface area contributed by atoms with Gasteiger partial charge in [-0.25, -0.2) is 0 Å². The van der Waals surface area contributed by atoms with Gasteiger partial charge >= 0.3 is 0 Å². The van der Waals surface area contributed by atoms with E-state index in [0.717, 1.165) is 12.8 Å². The van der Waals surface area contributed by atoms with E-state index in [1.807, 2.05) is 6.92 Å². The minimum atomic E-state index is -0.715. The third-order valence-electron chi connectivity index (χ3n) is 3.50. The van der Waals surface area contributed by atoms with E-state index in [1.165, 1.54) is 18.2 Å². The Balaban J connectivity index is 2.12. The molecule has 2 unspecified atom stereocenters. The summed E-state index contributed by atoms with van der Waals surface area (Å²) in [6.45, 7) is 1.99. The Morgan fingerprint density at radius 2 is 2.10 bits per heavy atom. The number of rotatable bonds is 5. The van der Waals surface area contributed by atoms with Gasteiger partial charge in [-0.3, -0.25) is 14.4 Å². The molecular weight excluding hydrogens is 280 g/mol. The maximum Gasteiger partial charge on any atom is 0.292 e. The largest absolute Gasteiger partial charge is 0.366 e.